The van der Waals surface area contributed by atoms with E-state index in [1.54, 1.807) is 0 Å². The molecular formula is C71H138N2O7P+. The van der Waals surface area contributed by atoms with Crippen LogP contribution >= 0.6 is 7.82 Å². The van der Waals surface area contributed by atoms with Crippen LogP contribution in [-0.2, 0) is 27.9 Å². The lowest BCUT2D eigenvalue weighted by Gasteiger charge is -2.27. The van der Waals surface area contributed by atoms with Crippen LogP contribution < -0.4 is 5.32 Å². The maximum absolute atomic E-state index is 13.6. The number of esters is 1. The molecule has 0 aromatic heterocycles. The van der Waals surface area contributed by atoms with Crippen LogP contribution in [0.4, 0.5) is 0 Å². The van der Waals surface area contributed by atoms with E-state index in [-0.39, 0.29) is 31.5 Å². The third-order valence-corrected chi connectivity index (χ3v) is 17.1. The number of phosphoric acid groups is 1. The molecule has 9 nitrogen and oxygen atoms in total. The van der Waals surface area contributed by atoms with Crippen LogP contribution in [0.15, 0.2) is 36.5 Å². The van der Waals surface area contributed by atoms with Gasteiger partial charge in [-0.3, -0.25) is 18.6 Å². The maximum Gasteiger partial charge on any atom is 0.472 e. The van der Waals surface area contributed by atoms with Crippen molar-refractivity contribution in [3.05, 3.63) is 36.5 Å². The van der Waals surface area contributed by atoms with Gasteiger partial charge in [0.2, 0.25) is 5.91 Å². The summed E-state index contributed by atoms with van der Waals surface area (Å²) in [5.41, 5.74) is 0. The summed E-state index contributed by atoms with van der Waals surface area (Å²) >= 11 is 0. The van der Waals surface area contributed by atoms with Gasteiger partial charge < -0.3 is 19.4 Å². The number of likely N-dealkylation sites (N-methyl/N-ethyl adjacent to an activating group) is 1. The lowest BCUT2D eigenvalue weighted by atomic mass is 10.0. The molecule has 3 atom stereocenters. The Bertz CT molecular complexity index is 1480. The van der Waals surface area contributed by atoms with E-state index in [1.165, 1.54) is 244 Å². The zero-order valence-corrected chi connectivity index (χ0v) is 55.7. The summed E-state index contributed by atoms with van der Waals surface area (Å²) in [6.07, 6.45) is 76.0. The standard InChI is InChI=1S/C71H137N2O7P/c1-7-10-13-16-19-22-25-27-29-31-32-33-34-35-36-37-38-39-40-42-43-45-48-51-54-57-60-63-70(74)72-68(67-79-81(76,77)78-66-65-73(4,5)6)69(62-59-56-53-50-47-24-21-18-15-12-9-3)80-71(75)64-61-58-55-52-49-46-44-41-30-28-26-23-20-17-14-11-8-2/h20,23,28,30,59,62,68-69H,7-19,21-22,24-27,29,31-58,60-61,63-67H2,1-6H3,(H-,72,74,76,77)/p+1/b23-20-,30-28-,62-59-. The number of nitrogens with zero attached hydrogens (tertiary/aromatic N) is 1. The van der Waals surface area contributed by atoms with Crippen molar-refractivity contribution in [2.75, 3.05) is 40.9 Å². The number of hydrogen-bond donors (Lipinski definition) is 2. The van der Waals surface area contributed by atoms with Crippen molar-refractivity contribution in [1.29, 1.82) is 0 Å². The van der Waals surface area contributed by atoms with E-state index < -0.39 is 20.0 Å². The Balaban J connectivity index is 4.94. The van der Waals surface area contributed by atoms with Gasteiger partial charge in [-0.15, -0.1) is 0 Å². The second-order valence-electron chi connectivity index (χ2n) is 25.4. The summed E-state index contributed by atoms with van der Waals surface area (Å²) < 4.78 is 30.8. The van der Waals surface area contributed by atoms with Crippen LogP contribution in [0.5, 0.6) is 0 Å². The van der Waals surface area contributed by atoms with E-state index in [1.807, 2.05) is 33.3 Å². The van der Waals surface area contributed by atoms with Gasteiger partial charge in [-0.2, -0.15) is 0 Å². The normalized spacial score (nSPS) is 13.7. The zero-order valence-electron chi connectivity index (χ0n) is 54.8. The fraction of sp³-hybridized carbons (Fsp3) is 0.887. The monoisotopic (exact) mass is 1160 g/mol. The summed E-state index contributed by atoms with van der Waals surface area (Å²) in [4.78, 5) is 37.8. The Hall–Kier alpha value is -1.77. The highest BCUT2D eigenvalue weighted by atomic mass is 31.2. The number of quaternary nitrogens is 1. The number of nitrogens with one attached hydrogen (secondary N) is 1. The van der Waals surface area contributed by atoms with Gasteiger partial charge in [0.15, 0.2) is 0 Å². The van der Waals surface area contributed by atoms with Crippen LogP contribution in [0, 0.1) is 0 Å². The molecule has 10 heteroatoms. The first-order valence-electron chi connectivity index (χ1n) is 35.3. The minimum Gasteiger partial charge on any atom is -0.456 e. The lowest BCUT2D eigenvalue weighted by Crippen LogP contribution is -2.47. The lowest BCUT2D eigenvalue weighted by molar-refractivity contribution is -0.870. The quantitative estimate of drug-likeness (QED) is 0.0205. The van der Waals surface area contributed by atoms with Gasteiger partial charge in [0.25, 0.3) is 0 Å². The third-order valence-electron chi connectivity index (χ3n) is 16.1. The smallest absolute Gasteiger partial charge is 0.456 e. The van der Waals surface area contributed by atoms with Crippen LogP contribution in [0.1, 0.15) is 355 Å². The first kappa shape index (κ1) is 79.2. The van der Waals surface area contributed by atoms with E-state index in [0.29, 0.717) is 17.4 Å². The van der Waals surface area contributed by atoms with Crippen LogP contribution in [0.3, 0.4) is 0 Å². The number of unbranched alkanes of at least 4 members (excludes halogenated alkanes) is 45. The molecule has 478 valence electrons. The molecule has 81 heavy (non-hydrogen) atoms. The maximum atomic E-state index is 13.6. The molecule has 0 rings (SSSR count). The second kappa shape index (κ2) is 61.3. The minimum atomic E-state index is -4.45. The Morgan fingerprint density at radius 3 is 1.14 bits per heavy atom. The van der Waals surface area contributed by atoms with Crippen molar-refractivity contribution in [2.24, 2.45) is 0 Å². The average molecular weight is 1160 g/mol. The molecule has 0 aliphatic rings. The van der Waals surface area contributed by atoms with Crippen molar-refractivity contribution < 1.29 is 37.3 Å². The zero-order chi connectivity index (χ0) is 59.3. The first-order chi connectivity index (χ1) is 39.4. The second-order valence-corrected chi connectivity index (χ2v) is 26.9. The molecule has 0 heterocycles. The molecule has 0 spiro atoms. The summed E-state index contributed by atoms with van der Waals surface area (Å²) in [5, 5.41) is 3.07. The van der Waals surface area contributed by atoms with Gasteiger partial charge in [-0.25, -0.2) is 4.57 Å². The van der Waals surface area contributed by atoms with E-state index in [2.05, 4.69) is 50.4 Å². The van der Waals surface area contributed by atoms with Crippen LogP contribution in [-0.4, -0.2) is 74.3 Å². The Labute approximate surface area is 504 Å². The van der Waals surface area contributed by atoms with Gasteiger partial charge in [0, 0.05) is 12.8 Å². The van der Waals surface area contributed by atoms with E-state index in [0.717, 1.165) is 77.0 Å². The number of amides is 1. The van der Waals surface area contributed by atoms with Gasteiger partial charge in [-0.05, 0) is 63.9 Å². The molecule has 0 aliphatic carbocycles. The van der Waals surface area contributed by atoms with Crippen molar-refractivity contribution in [2.45, 2.75) is 367 Å². The summed E-state index contributed by atoms with van der Waals surface area (Å²) in [7, 11) is 1.51. The highest BCUT2D eigenvalue weighted by Gasteiger charge is 2.30. The summed E-state index contributed by atoms with van der Waals surface area (Å²) in [5.74, 6) is -0.497. The van der Waals surface area contributed by atoms with Crippen molar-refractivity contribution in [3.8, 4) is 0 Å². The third kappa shape index (κ3) is 62.6. The molecule has 0 saturated heterocycles. The number of phosphoric ester groups is 1. The van der Waals surface area contributed by atoms with Crippen LogP contribution in [0.25, 0.3) is 0 Å². The SMILES string of the molecule is CCCCC/C=C\C/C=C\CCCCCCCCCC(=O)OC(/C=C\CCCCCCCCCCC)C(COP(=O)(O)OCC[N+](C)(C)C)NC(=O)CCCCCCCCCCCCCCCCCCCCCCCCCCCCC. The topological polar surface area (TPSA) is 111 Å². The number of hydrogen-bond acceptors (Lipinski definition) is 6. The highest BCUT2D eigenvalue weighted by molar-refractivity contribution is 7.47. The Morgan fingerprint density at radius 1 is 0.432 bits per heavy atom. The van der Waals surface area contributed by atoms with Gasteiger partial charge in [-0.1, -0.05) is 314 Å². The molecule has 0 aromatic rings. The number of ether oxygens (including phenoxy) is 1. The number of rotatable bonds is 65. The summed E-state index contributed by atoms with van der Waals surface area (Å²) in [6.45, 7) is 7.03. The largest absolute Gasteiger partial charge is 0.472 e. The van der Waals surface area contributed by atoms with Gasteiger partial charge >= 0.3 is 13.8 Å². The van der Waals surface area contributed by atoms with Crippen molar-refractivity contribution >= 4 is 19.7 Å². The Kier molecular flexibility index (Phi) is 60.0. The van der Waals surface area contributed by atoms with E-state index in [9.17, 15) is 19.0 Å². The molecule has 0 aromatic carbocycles. The molecule has 1 amide bonds. The molecule has 2 N–H and O–H groups in total. The predicted octanol–water partition coefficient (Wildman–Crippen LogP) is 22.2. The molecule has 0 saturated carbocycles. The fourth-order valence-corrected chi connectivity index (χ4v) is 11.4. The Morgan fingerprint density at radius 2 is 0.753 bits per heavy atom. The highest BCUT2D eigenvalue weighted by Crippen LogP contribution is 2.43. The minimum absolute atomic E-state index is 0.0414. The number of carbonyl (C=O) groups excluding carboxylic acids is 2. The predicted molar refractivity (Wildman–Crippen MR) is 351 cm³/mol. The molecule has 3 unspecified atom stereocenters. The molecule has 0 bridgehead atoms. The molecule has 0 fully saturated rings. The first-order valence-corrected chi connectivity index (χ1v) is 36.8. The van der Waals surface area contributed by atoms with E-state index >= 15 is 0 Å². The number of carbonyl (C=O) groups is 2. The summed E-state index contributed by atoms with van der Waals surface area (Å²) in [6, 6.07) is -0.848. The van der Waals surface area contributed by atoms with Crippen molar-refractivity contribution in [1.82, 2.24) is 5.32 Å². The van der Waals surface area contributed by atoms with Crippen molar-refractivity contribution in [3.63, 3.8) is 0 Å². The number of allylic oxidation sites excluding steroid dienone is 5. The van der Waals surface area contributed by atoms with Crippen LogP contribution in [0.2, 0.25) is 0 Å². The molecule has 0 radical (unpaired) electrons. The molecule has 0 aliphatic heterocycles. The fourth-order valence-electron chi connectivity index (χ4n) is 10.6. The van der Waals surface area contributed by atoms with Gasteiger partial charge in [0.1, 0.15) is 19.3 Å². The molecular weight excluding hydrogens is 1020 g/mol. The average Bonchev–Trinajstić information content (AvgIpc) is 3.43. The van der Waals surface area contributed by atoms with E-state index in [4.69, 9.17) is 13.8 Å². The van der Waals surface area contributed by atoms with Gasteiger partial charge in [0.05, 0.1) is 33.8 Å².